The molecular formula is C20H31NO4. The van der Waals surface area contributed by atoms with Gasteiger partial charge in [0.2, 0.25) is 0 Å². The maximum absolute atomic E-state index is 12.4. The Hall–Kier alpha value is -1.75. The standard InChI is InChI=1S/C20H31NO4/c1-4-12-24-19-13-16(8-9-18(19)22)20(23)25-14-17(15(2)3)21-10-6-5-7-11-21/h8-9,13,15,17,22H,4-7,10-12,14H2,1-3H3/t17-/m1/s1. The molecule has 1 N–H and O–H groups in total. The summed E-state index contributed by atoms with van der Waals surface area (Å²) in [5, 5.41) is 9.82. The van der Waals surface area contributed by atoms with Crippen LogP contribution in [0.5, 0.6) is 11.5 Å². The van der Waals surface area contributed by atoms with Crippen molar-refractivity contribution in [2.75, 3.05) is 26.3 Å². The molecule has 2 rings (SSSR count). The molecule has 1 saturated heterocycles. The van der Waals surface area contributed by atoms with E-state index in [0.29, 0.717) is 30.4 Å². The molecule has 1 aliphatic rings. The predicted molar refractivity (Wildman–Crippen MR) is 98.2 cm³/mol. The van der Waals surface area contributed by atoms with Crippen molar-refractivity contribution < 1.29 is 19.4 Å². The molecule has 5 heteroatoms. The smallest absolute Gasteiger partial charge is 0.338 e. The van der Waals surface area contributed by atoms with Gasteiger partial charge in [0.1, 0.15) is 6.61 Å². The van der Waals surface area contributed by atoms with Gasteiger partial charge in [-0.1, -0.05) is 27.2 Å². The number of phenolic OH excluding ortho intramolecular Hbond substituents is 1. The predicted octanol–water partition coefficient (Wildman–Crippen LogP) is 3.85. The van der Waals surface area contributed by atoms with Crippen LogP contribution in [0.1, 0.15) is 56.8 Å². The molecule has 0 unspecified atom stereocenters. The van der Waals surface area contributed by atoms with Gasteiger partial charge in [0.25, 0.3) is 0 Å². The fraction of sp³-hybridized carbons (Fsp3) is 0.650. The molecular weight excluding hydrogens is 318 g/mol. The highest BCUT2D eigenvalue weighted by Crippen LogP contribution is 2.27. The SMILES string of the molecule is CCCOc1cc(C(=O)OC[C@H](C(C)C)N2CCCCC2)ccc1O. The van der Waals surface area contributed by atoms with E-state index >= 15 is 0 Å². The Bertz CT molecular complexity index is 553. The Morgan fingerprint density at radius 1 is 1.24 bits per heavy atom. The van der Waals surface area contributed by atoms with Crippen LogP contribution in [0.15, 0.2) is 18.2 Å². The van der Waals surface area contributed by atoms with Gasteiger partial charge in [-0.3, -0.25) is 4.90 Å². The third kappa shape index (κ3) is 5.63. The number of likely N-dealkylation sites (tertiary alicyclic amines) is 1. The molecule has 140 valence electrons. The summed E-state index contributed by atoms with van der Waals surface area (Å²) >= 11 is 0. The number of rotatable bonds is 8. The van der Waals surface area contributed by atoms with Gasteiger partial charge in [-0.2, -0.15) is 0 Å². The summed E-state index contributed by atoms with van der Waals surface area (Å²) in [5.74, 6) is 0.421. The highest BCUT2D eigenvalue weighted by atomic mass is 16.5. The van der Waals surface area contributed by atoms with E-state index in [2.05, 4.69) is 18.7 Å². The van der Waals surface area contributed by atoms with Crippen molar-refractivity contribution in [3.05, 3.63) is 23.8 Å². The number of benzene rings is 1. The fourth-order valence-electron chi connectivity index (χ4n) is 3.18. The zero-order chi connectivity index (χ0) is 18.2. The summed E-state index contributed by atoms with van der Waals surface area (Å²) in [5.41, 5.74) is 0.407. The number of ether oxygens (including phenoxy) is 2. The van der Waals surface area contributed by atoms with Crippen LogP contribution in [-0.4, -0.2) is 48.3 Å². The molecule has 25 heavy (non-hydrogen) atoms. The molecule has 1 atom stereocenters. The van der Waals surface area contributed by atoms with Crippen LogP contribution in [0.25, 0.3) is 0 Å². The second-order valence-electron chi connectivity index (χ2n) is 7.04. The van der Waals surface area contributed by atoms with E-state index < -0.39 is 0 Å². The lowest BCUT2D eigenvalue weighted by Gasteiger charge is -2.36. The van der Waals surface area contributed by atoms with Crippen LogP contribution in [0.3, 0.4) is 0 Å². The maximum atomic E-state index is 12.4. The zero-order valence-electron chi connectivity index (χ0n) is 15.7. The molecule has 0 radical (unpaired) electrons. The van der Waals surface area contributed by atoms with E-state index in [4.69, 9.17) is 9.47 Å². The lowest BCUT2D eigenvalue weighted by molar-refractivity contribution is 0.0233. The Labute approximate surface area is 150 Å². The molecule has 1 aliphatic heterocycles. The lowest BCUT2D eigenvalue weighted by atomic mass is 10.00. The Morgan fingerprint density at radius 3 is 2.60 bits per heavy atom. The Morgan fingerprint density at radius 2 is 1.96 bits per heavy atom. The molecule has 0 spiro atoms. The van der Waals surface area contributed by atoms with Gasteiger partial charge in [0, 0.05) is 6.04 Å². The maximum Gasteiger partial charge on any atom is 0.338 e. The number of hydrogen-bond acceptors (Lipinski definition) is 5. The summed E-state index contributed by atoms with van der Waals surface area (Å²) in [6.07, 6.45) is 4.55. The first-order chi connectivity index (χ1) is 12.0. The molecule has 0 saturated carbocycles. The monoisotopic (exact) mass is 349 g/mol. The lowest BCUT2D eigenvalue weighted by Crippen LogP contribution is -2.45. The Kier molecular flexibility index (Phi) is 7.56. The van der Waals surface area contributed by atoms with Gasteiger partial charge < -0.3 is 14.6 Å². The first-order valence-electron chi connectivity index (χ1n) is 9.40. The molecule has 1 heterocycles. The van der Waals surface area contributed by atoms with E-state index in [-0.39, 0.29) is 17.8 Å². The molecule has 1 aromatic rings. The van der Waals surface area contributed by atoms with E-state index in [9.17, 15) is 9.90 Å². The molecule has 1 aromatic carbocycles. The van der Waals surface area contributed by atoms with E-state index in [0.717, 1.165) is 19.5 Å². The quantitative estimate of drug-likeness (QED) is 0.723. The van der Waals surface area contributed by atoms with Gasteiger partial charge in [0.15, 0.2) is 11.5 Å². The minimum atomic E-state index is -0.371. The van der Waals surface area contributed by atoms with Crippen molar-refractivity contribution in [3.63, 3.8) is 0 Å². The van der Waals surface area contributed by atoms with E-state index in [1.165, 1.54) is 25.3 Å². The van der Waals surface area contributed by atoms with Crippen molar-refractivity contribution >= 4 is 5.97 Å². The number of phenols is 1. The number of nitrogens with zero attached hydrogens (tertiary/aromatic N) is 1. The number of aromatic hydroxyl groups is 1. The van der Waals surface area contributed by atoms with Gasteiger partial charge in [-0.15, -0.1) is 0 Å². The average molecular weight is 349 g/mol. The third-order valence-electron chi connectivity index (χ3n) is 4.67. The second kappa shape index (κ2) is 9.66. The molecule has 1 fully saturated rings. The van der Waals surface area contributed by atoms with E-state index in [1.807, 2.05) is 6.92 Å². The van der Waals surface area contributed by atoms with Crippen LogP contribution in [0.2, 0.25) is 0 Å². The van der Waals surface area contributed by atoms with Crippen molar-refractivity contribution in [1.82, 2.24) is 4.90 Å². The number of piperidine rings is 1. The van der Waals surface area contributed by atoms with Crippen LogP contribution in [0.4, 0.5) is 0 Å². The largest absolute Gasteiger partial charge is 0.504 e. The highest BCUT2D eigenvalue weighted by Gasteiger charge is 2.25. The van der Waals surface area contributed by atoms with Gasteiger partial charge in [-0.05, 0) is 56.5 Å². The van der Waals surface area contributed by atoms with Crippen molar-refractivity contribution in [2.24, 2.45) is 5.92 Å². The summed E-state index contributed by atoms with van der Waals surface area (Å²) in [7, 11) is 0. The van der Waals surface area contributed by atoms with Crippen LogP contribution < -0.4 is 4.74 Å². The summed E-state index contributed by atoms with van der Waals surface area (Å²) in [6, 6.07) is 4.85. The Balaban J connectivity index is 1.97. The van der Waals surface area contributed by atoms with Crippen molar-refractivity contribution in [2.45, 2.75) is 52.5 Å². The number of hydrogen-bond donors (Lipinski definition) is 1. The van der Waals surface area contributed by atoms with Crippen molar-refractivity contribution in [3.8, 4) is 11.5 Å². The van der Waals surface area contributed by atoms with Crippen LogP contribution in [0, 0.1) is 5.92 Å². The van der Waals surface area contributed by atoms with Gasteiger partial charge in [-0.25, -0.2) is 4.79 Å². The van der Waals surface area contributed by atoms with Crippen molar-refractivity contribution in [1.29, 1.82) is 0 Å². The van der Waals surface area contributed by atoms with E-state index in [1.54, 1.807) is 12.1 Å². The van der Waals surface area contributed by atoms with Crippen LogP contribution in [-0.2, 0) is 4.74 Å². The molecule has 0 amide bonds. The third-order valence-corrected chi connectivity index (χ3v) is 4.67. The summed E-state index contributed by atoms with van der Waals surface area (Å²) in [4.78, 5) is 14.9. The average Bonchev–Trinajstić information content (AvgIpc) is 2.61. The second-order valence-corrected chi connectivity index (χ2v) is 7.04. The number of carbonyl (C=O) groups is 1. The topological polar surface area (TPSA) is 59.0 Å². The summed E-state index contributed by atoms with van der Waals surface area (Å²) in [6.45, 7) is 9.37. The number of carbonyl (C=O) groups excluding carboxylic acids is 1. The number of esters is 1. The zero-order valence-corrected chi connectivity index (χ0v) is 15.7. The first kappa shape index (κ1) is 19.6. The molecule has 0 aromatic heterocycles. The van der Waals surface area contributed by atoms with Gasteiger partial charge >= 0.3 is 5.97 Å². The highest BCUT2D eigenvalue weighted by molar-refractivity contribution is 5.90. The molecule has 5 nitrogen and oxygen atoms in total. The normalized spacial score (nSPS) is 16.6. The first-order valence-corrected chi connectivity index (χ1v) is 9.40. The molecule has 0 aliphatic carbocycles. The fourth-order valence-corrected chi connectivity index (χ4v) is 3.18. The van der Waals surface area contributed by atoms with Gasteiger partial charge in [0.05, 0.1) is 12.2 Å². The minimum absolute atomic E-state index is 0.0402. The molecule has 0 bridgehead atoms. The van der Waals surface area contributed by atoms with Crippen LogP contribution >= 0.6 is 0 Å². The summed E-state index contributed by atoms with van der Waals surface area (Å²) < 4.78 is 11.1. The minimum Gasteiger partial charge on any atom is -0.504 e.